The fourth-order valence-electron chi connectivity index (χ4n) is 2.92. The van der Waals surface area contributed by atoms with Crippen LogP contribution in [0.4, 0.5) is 5.69 Å². The third kappa shape index (κ3) is 4.23. The summed E-state index contributed by atoms with van der Waals surface area (Å²) in [5, 5.41) is 30.1. The van der Waals surface area contributed by atoms with Crippen LogP contribution in [0.5, 0.6) is 0 Å². The Kier molecular flexibility index (Phi) is 5.67. The number of nitrogens with zero attached hydrogens (tertiary/aromatic N) is 2. The van der Waals surface area contributed by atoms with Crippen molar-refractivity contribution in [1.82, 2.24) is 4.90 Å². The molecule has 0 spiro atoms. The first kappa shape index (κ1) is 15.9. The molecule has 2 rings (SSSR count). The predicted octanol–water partition coefficient (Wildman–Crippen LogP) is 1.87. The van der Waals surface area contributed by atoms with Gasteiger partial charge in [0.25, 0.3) is 5.69 Å². The number of benzene rings is 1. The van der Waals surface area contributed by atoms with E-state index >= 15 is 0 Å². The van der Waals surface area contributed by atoms with Gasteiger partial charge in [0.15, 0.2) is 0 Å². The Morgan fingerprint density at radius 1 is 1.33 bits per heavy atom. The standard InChI is InChI=1S/C15H22N2O4/c18-10-8-13-3-1-2-9-16(13)11-15(19)12-4-6-14(7-5-12)17(20)21/h4-7,13,15,18-19H,1-3,8-11H2. The van der Waals surface area contributed by atoms with Gasteiger partial charge in [-0.3, -0.25) is 15.0 Å². The van der Waals surface area contributed by atoms with Crippen molar-refractivity contribution in [3.05, 3.63) is 39.9 Å². The van der Waals surface area contributed by atoms with E-state index in [1.807, 2.05) is 0 Å². The lowest BCUT2D eigenvalue weighted by Gasteiger charge is -2.36. The molecule has 1 aromatic carbocycles. The Morgan fingerprint density at radius 2 is 2.05 bits per heavy atom. The molecule has 0 amide bonds. The summed E-state index contributed by atoms with van der Waals surface area (Å²) in [5.41, 5.74) is 0.719. The van der Waals surface area contributed by atoms with E-state index in [4.69, 9.17) is 5.11 Å². The molecule has 1 aliphatic heterocycles. The Balaban J connectivity index is 1.98. The zero-order valence-corrected chi connectivity index (χ0v) is 12.0. The summed E-state index contributed by atoms with van der Waals surface area (Å²) < 4.78 is 0. The van der Waals surface area contributed by atoms with Crippen LogP contribution in [-0.2, 0) is 0 Å². The normalized spacial score (nSPS) is 21.1. The second-order valence-electron chi connectivity index (χ2n) is 5.52. The molecule has 0 radical (unpaired) electrons. The van der Waals surface area contributed by atoms with Crippen molar-refractivity contribution in [2.75, 3.05) is 19.7 Å². The molecule has 0 saturated carbocycles. The van der Waals surface area contributed by atoms with Crippen LogP contribution in [0.25, 0.3) is 0 Å². The molecular weight excluding hydrogens is 272 g/mol. The van der Waals surface area contributed by atoms with Crippen molar-refractivity contribution in [3.8, 4) is 0 Å². The van der Waals surface area contributed by atoms with E-state index in [-0.39, 0.29) is 12.3 Å². The minimum Gasteiger partial charge on any atom is -0.396 e. The van der Waals surface area contributed by atoms with Gasteiger partial charge >= 0.3 is 0 Å². The number of hydrogen-bond donors (Lipinski definition) is 2. The Labute approximate surface area is 124 Å². The first-order chi connectivity index (χ1) is 10.1. The molecular formula is C15H22N2O4. The van der Waals surface area contributed by atoms with E-state index in [1.54, 1.807) is 12.1 Å². The molecule has 1 aromatic rings. The highest BCUT2D eigenvalue weighted by atomic mass is 16.6. The van der Waals surface area contributed by atoms with Crippen LogP contribution >= 0.6 is 0 Å². The lowest BCUT2D eigenvalue weighted by atomic mass is 9.98. The van der Waals surface area contributed by atoms with Gasteiger partial charge in [0, 0.05) is 31.3 Å². The van der Waals surface area contributed by atoms with Gasteiger partial charge < -0.3 is 10.2 Å². The van der Waals surface area contributed by atoms with Crippen LogP contribution < -0.4 is 0 Å². The maximum Gasteiger partial charge on any atom is 0.269 e. The van der Waals surface area contributed by atoms with Crippen molar-refractivity contribution >= 4 is 5.69 Å². The summed E-state index contributed by atoms with van der Waals surface area (Å²) in [7, 11) is 0. The van der Waals surface area contributed by atoms with E-state index in [2.05, 4.69) is 4.90 Å². The molecule has 116 valence electrons. The summed E-state index contributed by atoms with van der Waals surface area (Å²) in [6.45, 7) is 1.59. The van der Waals surface area contributed by atoms with Crippen molar-refractivity contribution < 1.29 is 15.1 Å². The number of aliphatic hydroxyl groups is 2. The van der Waals surface area contributed by atoms with E-state index in [1.165, 1.54) is 12.1 Å². The van der Waals surface area contributed by atoms with Gasteiger partial charge in [0.2, 0.25) is 0 Å². The van der Waals surface area contributed by atoms with Crippen molar-refractivity contribution in [3.63, 3.8) is 0 Å². The van der Waals surface area contributed by atoms with Crippen molar-refractivity contribution in [1.29, 1.82) is 0 Å². The van der Waals surface area contributed by atoms with E-state index in [9.17, 15) is 15.2 Å². The van der Waals surface area contributed by atoms with Gasteiger partial charge in [-0.05, 0) is 43.5 Å². The summed E-state index contributed by atoms with van der Waals surface area (Å²) in [4.78, 5) is 12.4. The zero-order chi connectivity index (χ0) is 15.2. The van der Waals surface area contributed by atoms with Crippen LogP contribution in [0.15, 0.2) is 24.3 Å². The van der Waals surface area contributed by atoms with Crippen LogP contribution in [0.1, 0.15) is 37.4 Å². The quantitative estimate of drug-likeness (QED) is 0.618. The largest absolute Gasteiger partial charge is 0.396 e. The fraction of sp³-hybridized carbons (Fsp3) is 0.600. The molecule has 0 aromatic heterocycles. The summed E-state index contributed by atoms with van der Waals surface area (Å²) in [5.74, 6) is 0. The summed E-state index contributed by atoms with van der Waals surface area (Å²) in [6.07, 6.45) is 3.38. The van der Waals surface area contributed by atoms with Gasteiger partial charge in [-0.15, -0.1) is 0 Å². The number of non-ortho nitro benzene ring substituents is 1. The van der Waals surface area contributed by atoms with Crippen LogP contribution in [0, 0.1) is 10.1 Å². The molecule has 2 N–H and O–H groups in total. The monoisotopic (exact) mass is 294 g/mol. The molecule has 6 heteroatoms. The maximum atomic E-state index is 10.6. The predicted molar refractivity (Wildman–Crippen MR) is 79.0 cm³/mol. The lowest BCUT2D eigenvalue weighted by Crippen LogP contribution is -2.42. The number of nitro benzene ring substituents is 1. The number of β-amino-alcohol motifs (C(OH)–C–C–N with tert-alkyl or cyclic N) is 1. The lowest BCUT2D eigenvalue weighted by molar-refractivity contribution is -0.384. The third-order valence-corrected chi connectivity index (χ3v) is 4.11. The number of piperidine rings is 1. The van der Waals surface area contributed by atoms with E-state index in [0.29, 0.717) is 18.2 Å². The Hall–Kier alpha value is -1.50. The highest BCUT2D eigenvalue weighted by Crippen LogP contribution is 2.24. The number of hydrogen-bond acceptors (Lipinski definition) is 5. The van der Waals surface area contributed by atoms with Crippen molar-refractivity contribution in [2.24, 2.45) is 0 Å². The molecule has 1 aliphatic rings. The van der Waals surface area contributed by atoms with Gasteiger partial charge in [0.1, 0.15) is 0 Å². The summed E-state index contributed by atoms with van der Waals surface area (Å²) >= 11 is 0. The van der Waals surface area contributed by atoms with E-state index < -0.39 is 11.0 Å². The minimum absolute atomic E-state index is 0.0297. The summed E-state index contributed by atoms with van der Waals surface area (Å²) in [6, 6.07) is 6.36. The highest BCUT2D eigenvalue weighted by molar-refractivity contribution is 5.33. The second kappa shape index (κ2) is 7.49. The third-order valence-electron chi connectivity index (χ3n) is 4.11. The second-order valence-corrected chi connectivity index (χ2v) is 5.52. The Morgan fingerprint density at radius 3 is 2.67 bits per heavy atom. The molecule has 1 fully saturated rings. The first-order valence-electron chi connectivity index (χ1n) is 7.39. The average molecular weight is 294 g/mol. The van der Waals surface area contributed by atoms with Crippen LogP contribution in [0.3, 0.4) is 0 Å². The zero-order valence-electron chi connectivity index (χ0n) is 12.0. The highest BCUT2D eigenvalue weighted by Gasteiger charge is 2.24. The average Bonchev–Trinajstić information content (AvgIpc) is 2.49. The smallest absolute Gasteiger partial charge is 0.269 e. The van der Waals surface area contributed by atoms with Crippen LogP contribution in [-0.4, -0.2) is 45.8 Å². The molecule has 21 heavy (non-hydrogen) atoms. The molecule has 1 heterocycles. The molecule has 2 atom stereocenters. The molecule has 0 aliphatic carbocycles. The fourth-order valence-corrected chi connectivity index (χ4v) is 2.92. The molecule has 1 saturated heterocycles. The first-order valence-corrected chi connectivity index (χ1v) is 7.39. The van der Waals surface area contributed by atoms with Gasteiger partial charge in [-0.25, -0.2) is 0 Å². The molecule has 6 nitrogen and oxygen atoms in total. The van der Waals surface area contributed by atoms with Gasteiger partial charge in [-0.1, -0.05) is 6.42 Å². The van der Waals surface area contributed by atoms with E-state index in [0.717, 1.165) is 32.2 Å². The number of likely N-dealkylation sites (tertiary alicyclic amines) is 1. The number of aliphatic hydroxyl groups excluding tert-OH is 2. The van der Waals surface area contributed by atoms with Gasteiger partial charge in [-0.2, -0.15) is 0 Å². The molecule has 0 bridgehead atoms. The van der Waals surface area contributed by atoms with Gasteiger partial charge in [0.05, 0.1) is 11.0 Å². The Bertz CT molecular complexity index is 461. The maximum absolute atomic E-state index is 10.6. The van der Waals surface area contributed by atoms with Crippen molar-refractivity contribution in [2.45, 2.75) is 37.8 Å². The molecule has 2 unspecified atom stereocenters. The minimum atomic E-state index is -0.662. The topological polar surface area (TPSA) is 86.8 Å². The van der Waals surface area contributed by atoms with Crippen LogP contribution in [0.2, 0.25) is 0 Å². The number of nitro groups is 1. The number of rotatable bonds is 6. The SMILES string of the molecule is O=[N+]([O-])c1ccc(C(O)CN2CCCCC2CCO)cc1.